The minimum Gasteiger partial charge on any atom is -0.368 e. The fourth-order valence-electron chi connectivity index (χ4n) is 3.02. The third-order valence-corrected chi connectivity index (χ3v) is 5.58. The van der Waals surface area contributed by atoms with Crippen molar-refractivity contribution in [3.8, 4) is 0 Å². The lowest BCUT2D eigenvalue weighted by Gasteiger charge is -2.09. The maximum Gasteiger partial charge on any atom is 0.343 e. The van der Waals surface area contributed by atoms with Crippen molar-refractivity contribution in [1.82, 2.24) is 29.7 Å². The molecule has 0 saturated carbocycles. The number of nitrogen functional groups attached to an aromatic ring is 1. The number of aryl methyl sites for hydroxylation is 2. The molecule has 2 heterocycles. The Morgan fingerprint density at radius 3 is 2.65 bits per heavy atom. The van der Waals surface area contributed by atoms with Gasteiger partial charge in [0.25, 0.3) is 0 Å². The van der Waals surface area contributed by atoms with Gasteiger partial charge in [0, 0.05) is 12.2 Å². The number of H-pyrrole nitrogens is 1. The lowest BCUT2D eigenvalue weighted by Crippen LogP contribution is -2.19. The fraction of sp³-hybridized carbons (Fsp3) is 0.190. The van der Waals surface area contributed by atoms with Gasteiger partial charge in [0.2, 0.25) is 11.9 Å². The van der Waals surface area contributed by atoms with Gasteiger partial charge in [-0.05, 0) is 30.5 Å². The maximum atomic E-state index is 12.2. The van der Waals surface area contributed by atoms with Crippen LogP contribution in [0.4, 0.5) is 17.6 Å². The smallest absolute Gasteiger partial charge is 0.343 e. The molecule has 2 aromatic heterocycles. The first-order valence-electron chi connectivity index (χ1n) is 9.73. The molecular weight excluding hydrogens is 412 g/mol. The van der Waals surface area contributed by atoms with E-state index in [-0.39, 0.29) is 11.6 Å². The minimum absolute atomic E-state index is 0.130. The average Bonchev–Trinajstić information content (AvgIpc) is 3.12. The first-order chi connectivity index (χ1) is 15.1. The molecule has 0 saturated heterocycles. The Hall–Kier alpha value is -3.66. The van der Waals surface area contributed by atoms with Gasteiger partial charge in [0.15, 0.2) is 5.16 Å². The van der Waals surface area contributed by atoms with Crippen molar-refractivity contribution in [3.63, 3.8) is 0 Å². The summed E-state index contributed by atoms with van der Waals surface area (Å²) in [4.78, 5) is 25.0. The highest BCUT2D eigenvalue weighted by molar-refractivity contribution is 7.98. The number of aromatic amines is 1. The predicted octanol–water partition coefficient (Wildman–Crippen LogP) is 2.93. The second-order valence-corrected chi connectivity index (χ2v) is 7.80. The highest BCUT2D eigenvalue weighted by Gasteiger charge is 2.12. The summed E-state index contributed by atoms with van der Waals surface area (Å²) in [6.07, 6.45) is 0.733. The van der Waals surface area contributed by atoms with Crippen molar-refractivity contribution >= 4 is 29.3 Å². The zero-order valence-electron chi connectivity index (χ0n) is 16.9. The van der Waals surface area contributed by atoms with E-state index in [1.807, 2.05) is 61.5 Å². The quantitative estimate of drug-likeness (QED) is 0.361. The molecule has 2 aromatic carbocycles. The van der Waals surface area contributed by atoms with Gasteiger partial charge in [-0.15, -0.1) is 5.10 Å². The Labute approximate surface area is 183 Å². The molecule has 0 unspecified atom stereocenters. The Morgan fingerprint density at radius 2 is 1.84 bits per heavy atom. The molecule has 0 aliphatic rings. The standard InChI is InChI=1S/C21H22N8OS/c1-14-7-5-6-10-16(14)23-19-25-17(24-18(22)26-19)13-31-21-28-27-20(30)29(21)12-11-15-8-3-2-4-9-15/h2-10H,11-13H2,1H3,(H,27,30)(H3,22,23,24,25,26). The molecule has 0 bridgehead atoms. The Kier molecular flexibility index (Phi) is 6.27. The highest BCUT2D eigenvalue weighted by atomic mass is 32.2. The van der Waals surface area contributed by atoms with E-state index in [0.717, 1.165) is 23.2 Å². The van der Waals surface area contributed by atoms with Crippen LogP contribution < -0.4 is 16.7 Å². The number of rotatable bonds is 8. The summed E-state index contributed by atoms with van der Waals surface area (Å²) >= 11 is 1.37. The van der Waals surface area contributed by atoms with Crippen LogP contribution in [0.25, 0.3) is 0 Å². The molecule has 0 aliphatic carbocycles. The predicted molar refractivity (Wildman–Crippen MR) is 121 cm³/mol. The second-order valence-electron chi connectivity index (χ2n) is 6.86. The summed E-state index contributed by atoms with van der Waals surface area (Å²) in [6.45, 7) is 2.52. The number of aromatic nitrogens is 6. The Balaban J connectivity index is 1.45. The number of benzene rings is 2. The molecule has 9 nitrogen and oxygen atoms in total. The van der Waals surface area contributed by atoms with Crippen LogP contribution in [0, 0.1) is 6.92 Å². The van der Waals surface area contributed by atoms with Crippen molar-refractivity contribution in [2.75, 3.05) is 11.1 Å². The fourth-order valence-corrected chi connectivity index (χ4v) is 3.84. The molecule has 10 heteroatoms. The average molecular weight is 435 g/mol. The molecule has 4 rings (SSSR count). The Morgan fingerprint density at radius 1 is 1.06 bits per heavy atom. The van der Waals surface area contributed by atoms with Crippen molar-refractivity contribution in [2.45, 2.75) is 30.8 Å². The van der Waals surface area contributed by atoms with Gasteiger partial charge in [0.05, 0.1) is 5.75 Å². The summed E-state index contributed by atoms with van der Waals surface area (Å²) in [5.74, 6) is 1.40. The van der Waals surface area contributed by atoms with Crippen LogP contribution in [0.2, 0.25) is 0 Å². The van der Waals surface area contributed by atoms with E-state index in [0.29, 0.717) is 29.2 Å². The summed E-state index contributed by atoms with van der Waals surface area (Å²) < 4.78 is 1.62. The number of para-hydroxylation sites is 1. The van der Waals surface area contributed by atoms with Crippen LogP contribution in [0.5, 0.6) is 0 Å². The molecule has 4 N–H and O–H groups in total. The van der Waals surface area contributed by atoms with Gasteiger partial charge in [0.1, 0.15) is 5.82 Å². The molecule has 31 heavy (non-hydrogen) atoms. The van der Waals surface area contributed by atoms with Crippen molar-refractivity contribution in [3.05, 3.63) is 82.0 Å². The number of hydrogen-bond acceptors (Lipinski definition) is 8. The van der Waals surface area contributed by atoms with Crippen LogP contribution in [0.1, 0.15) is 17.0 Å². The van der Waals surface area contributed by atoms with E-state index in [1.54, 1.807) is 4.57 Å². The summed E-state index contributed by atoms with van der Waals surface area (Å²) in [5, 5.41) is 10.4. The van der Waals surface area contributed by atoms with Crippen molar-refractivity contribution in [1.29, 1.82) is 0 Å². The van der Waals surface area contributed by atoms with Gasteiger partial charge in [-0.25, -0.2) is 9.89 Å². The van der Waals surface area contributed by atoms with Gasteiger partial charge in [-0.3, -0.25) is 4.57 Å². The van der Waals surface area contributed by atoms with Gasteiger partial charge < -0.3 is 11.1 Å². The van der Waals surface area contributed by atoms with E-state index in [9.17, 15) is 4.79 Å². The summed E-state index contributed by atoms with van der Waals surface area (Å²) in [7, 11) is 0. The molecule has 158 valence electrons. The molecular formula is C21H22N8OS. The SMILES string of the molecule is Cc1ccccc1Nc1nc(N)nc(CSc2n[nH]c(=O)n2CCc2ccccc2)n1. The summed E-state index contributed by atoms with van der Waals surface area (Å²) in [6, 6.07) is 17.8. The number of nitrogens with one attached hydrogen (secondary N) is 2. The van der Waals surface area contributed by atoms with Gasteiger partial charge in [-0.2, -0.15) is 15.0 Å². The topological polar surface area (TPSA) is 127 Å². The molecule has 0 fully saturated rings. The lowest BCUT2D eigenvalue weighted by molar-refractivity contribution is 0.615. The molecule has 0 aliphatic heterocycles. The van der Waals surface area contributed by atoms with E-state index in [4.69, 9.17) is 5.73 Å². The monoisotopic (exact) mass is 434 g/mol. The van der Waals surface area contributed by atoms with E-state index >= 15 is 0 Å². The molecule has 0 radical (unpaired) electrons. The van der Waals surface area contributed by atoms with E-state index < -0.39 is 0 Å². The van der Waals surface area contributed by atoms with Crippen LogP contribution in [0.3, 0.4) is 0 Å². The zero-order chi connectivity index (χ0) is 21.6. The number of anilines is 3. The first-order valence-corrected chi connectivity index (χ1v) is 10.7. The number of nitrogens with zero attached hydrogens (tertiary/aromatic N) is 5. The molecule has 0 spiro atoms. The highest BCUT2D eigenvalue weighted by Crippen LogP contribution is 2.21. The minimum atomic E-state index is -0.240. The van der Waals surface area contributed by atoms with Crippen LogP contribution in [0.15, 0.2) is 64.5 Å². The molecule has 0 atom stereocenters. The normalized spacial score (nSPS) is 10.9. The zero-order valence-corrected chi connectivity index (χ0v) is 17.8. The number of thioether (sulfide) groups is 1. The Bertz CT molecular complexity index is 1220. The lowest BCUT2D eigenvalue weighted by atomic mass is 10.1. The van der Waals surface area contributed by atoms with Crippen molar-refractivity contribution < 1.29 is 0 Å². The van der Waals surface area contributed by atoms with Crippen LogP contribution in [-0.4, -0.2) is 29.7 Å². The second kappa shape index (κ2) is 9.43. The first kappa shape index (κ1) is 20.6. The van der Waals surface area contributed by atoms with Crippen molar-refractivity contribution in [2.24, 2.45) is 0 Å². The molecule has 4 aromatic rings. The number of nitrogens with two attached hydrogens (primary N) is 1. The van der Waals surface area contributed by atoms with Crippen LogP contribution in [-0.2, 0) is 18.7 Å². The van der Waals surface area contributed by atoms with Gasteiger partial charge in [-0.1, -0.05) is 60.3 Å². The van der Waals surface area contributed by atoms with E-state index in [1.165, 1.54) is 11.8 Å². The van der Waals surface area contributed by atoms with Gasteiger partial charge >= 0.3 is 5.69 Å². The summed E-state index contributed by atoms with van der Waals surface area (Å²) in [5.41, 5.74) is 8.76. The third-order valence-electron chi connectivity index (χ3n) is 4.61. The largest absolute Gasteiger partial charge is 0.368 e. The van der Waals surface area contributed by atoms with E-state index in [2.05, 4.69) is 30.5 Å². The molecule has 0 amide bonds. The van der Waals surface area contributed by atoms with Crippen LogP contribution >= 0.6 is 11.8 Å². The maximum absolute atomic E-state index is 12.2. The number of hydrogen-bond donors (Lipinski definition) is 3. The third kappa shape index (κ3) is 5.28.